The van der Waals surface area contributed by atoms with Crippen molar-refractivity contribution in [1.82, 2.24) is 0 Å². The molecular weight excluding hydrogens is 278 g/mol. The Kier molecular flexibility index (Phi) is 3.67. The quantitative estimate of drug-likeness (QED) is 0.665. The molecule has 0 heterocycles. The van der Waals surface area contributed by atoms with Gasteiger partial charge in [-0.3, -0.25) is 0 Å². The van der Waals surface area contributed by atoms with Crippen molar-refractivity contribution in [3.63, 3.8) is 0 Å². The summed E-state index contributed by atoms with van der Waals surface area (Å²) in [5, 5.41) is 0. The second-order valence-corrected chi connectivity index (χ2v) is 2.50. The molecule has 0 unspecified atom stereocenters. The predicted molar refractivity (Wildman–Crippen MR) is 28.2 cm³/mol. The van der Waals surface area contributed by atoms with Crippen LogP contribution in [0.3, 0.4) is 0 Å². The molecule has 0 fully saturated rings. The van der Waals surface area contributed by atoms with E-state index in [4.69, 9.17) is 12.6 Å². The Bertz CT molecular complexity index is 104. The standard InChI is InChI=1S/C4H7NS.W/c1-3(5)4(2)6;/h6H,1-2H3;/p-1/b4-3-;. The van der Waals surface area contributed by atoms with Crippen LogP contribution in [0.5, 0.6) is 0 Å². The Morgan fingerprint density at radius 2 is 2.00 bits per heavy atom. The average molecular weight is 284 g/mol. The molecule has 0 aliphatic heterocycles. The van der Waals surface area contributed by atoms with Crippen LogP contribution in [0.2, 0.25) is 0 Å². The third kappa shape index (κ3) is 3.07. The number of hydrogen-bond donors (Lipinski definition) is 0. The fourth-order valence-corrected chi connectivity index (χ4v) is 0.831. The zero-order valence-corrected chi connectivity index (χ0v) is 8.01. The predicted octanol–water partition coefficient (Wildman–Crippen LogP) is 1.52. The first-order chi connectivity index (χ1) is 3.18. The van der Waals surface area contributed by atoms with E-state index in [1.165, 1.54) is 19.6 Å². The molecule has 0 aliphatic carbocycles. The normalized spacial score (nSPS) is 12.9. The molecular formula is C4H6NSW-. The Hall–Kier alpha value is 0.448. The van der Waals surface area contributed by atoms with Crippen molar-refractivity contribution >= 4 is 12.6 Å². The van der Waals surface area contributed by atoms with Gasteiger partial charge in [0.25, 0.3) is 0 Å². The van der Waals surface area contributed by atoms with Crippen LogP contribution in [0.1, 0.15) is 13.8 Å². The Labute approximate surface area is 60.4 Å². The summed E-state index contributed by atoms with van der Waals surface area (Å²) in [5.41, 5.74) is 0.991. The van der Waals surface area contributed by atoms with E-state index < -0.39 is 0 Å². The van der Waals surface area contributed by atoms with Crippen molar-refractivity contribution < 1.29 is 19.6 Å². The number of hydrogen-bond acceptors (Lipinski definition) is 2. The summed E-state index contributed by atoms with van der Waals surface area (Å²) >= 11 is 6.02. The molecule has 0 aliphatic rings. The van der Waals surface area contributed by atoms with Crippen molar-refractivity contribution in [2.24, 2.45) is 3.50 Å². The van der Waals surface area contributed by atoms with Gasteiger partial charge < -0.3 is 0 Å². The number of allylic oxidation sites excluding steroid dienone is 2. The molecule has 0 aromatic heterocycles. The molecule has 1 nitrogen and oxygen atoms in total. The zero-order valence-electron chi connectivity index (χ0n) is 4.26. The fourth-order valence-electron chi connectivity index (χ4n) is 0.0643. The molecule has 0 saturated heterocycles. The number of nitrogens with zero attached hydrogens (tertiary/aromatic N) is 1. The van der Waals surface area contributed by atoms with Gasteiger partial charge in [0, 0.05) is 0 Å². The fraction of sp³-hybridized carbons (Fsp3) is 0.500. The minimum atomic E-state index is 0.898. The van der Waals surface area contributed by atoms with Gasteiger partial charge in [0.1, 0.15) is 0 Å². The summed E-state index contributed by atoms with van der Waals surface area (Å²) in [6.07, 6.45) is 0. The molecule has 0 rings (SSSR count). The average Bonchev–Trinajstić information content (AvgIpc) is 1.65. The van der Waals surface area contributed by atoms with Gasteiger partial charge in [0.2, 0.25) is 0 Å². The van der Waals surface area contributed by atoms with Gasteiger partial charge in [0.15, 0.2) is 0 Å². The van der Waals surface area contributed by atoms with Crippen LogP contribution in [0.4, 0.5) is 0 Å². The van der Waals surface area contributed by atoms with Crippen molar-refractivity contribution in [3.8, 4) is 0 Å². The summed E-state index contributed by atoms with van der Waals surface area (Å²) in [4.78, 5) is 0.898. The molecule has 3 heteroatoms. The molecule has 0 radical (unpaired) electrons. The maximum absolute atomic E-state index is 4.80. The zero-order chi connectivity index (χ0) is 5.86. The maximum atomic E-state index is 4.80. The monoisotopic (exact) mass is 284 g/mol. The summed E-state index contributed by atoms with van der Waals surface area (Å²) in [6, 6.07) is 0. The molecule has 0 amide bonds. The van der Waals surface area contributed by atoms with Crippen molar-refractivity contribution in [1.29, 1.82) is 0 Å². The van der Waals surface area contributed by atoms with Crippen molar-refractivity contribution in [2.45, 2.75) is 13.8 Å². The van der Waals surface area contributed by atoms with Crippen LogP contribution in [-0.2, 0) is 32.3 Å². The second-order valence-electron chi connectivity index (χ2n) is 1.23. The van der Waals surface area contributed by atoms with Crippen LogP contribution < -0.4 is 0 Å². The Balaban J connectivity index is 3.98. The van der Waals surface area contributed by atoms with Crippen LogP contribution >= 0.6 is 0 Å². The van der Waals surface area contributed by atoms with Crippen LogP contribution in [0.15, 0.2) is 14.1 Å². The molecule has 0 saturated carbocycles. The van der Waals surface area contributed by atoms with Gasteiger partial charge in [-0.25, -0.2) is 0 Å². The third-order valence-corrected chi connectivity index (χ3v) is 1.93. The topological polar surface area (TPSA) is 12.4 Å². The Morgan fingerprint density at radius 1 is 1.57 bits per heavy atom. The van der Waals surface area contributed by atoms with Gasteiger partial charge in [-0.2, -0.15) is 0 Å². The third-order valence-electron chi connectivity index (χ3n) is 0.646. The minimum absolute atomic E-state index is 0.898. The summed E-state index contributed by atoms with van der Waals surface area (Å²) in [7, 11) is 0. The SMILES string of the molecule is C/C([S-])=C(\C)[N]=[W]. The molecule has 40 valence electrons. The van der Waals surface area contributed by atoms with E-state index in [1.807, 2.05) is 13.8 Å². The van der Waals surface area contributed by atoms with E-state index >= 15 is 0 Å². The van der Waals surface area contributed by atoms with E-state index in [2.05, 4.69) is 3.50 Å². The summed E-state index contributed by atoms with van der Waals surface area (Å²) < 4.78 is 3.95. The van der Waals surface area contributed by atoms with E-state index in [9.17, 15) is 0 Å². The number of rotatable bonds is 1. The van der Waals surface area contributed by atoms with E-state index in [1.54, 1.807) is 0 Å². The Morgan fingerprint density at radius 3 is 2.00 bits per heavy atom. The molecule has 0 atom stereocenters. The van der Waals surface area contributed by atoms with E-state index in [0.717, 1.165) is 10.6 Å². The van der Waals surface area contributed by atoms with Crippen LogP contribution in [0.25, 0.3) is 0 Å². The van der Waals surface area contributed by atoms with Gasteiger partial charge >= 0.3 is 60.2 Å². The first kappa shape index (κ1) is 7.45. The van der Waals surface area contributed by atoms with Crippen molar-refractivity contribution in [3.05, 3.63) is 10.6 Å². The summed E-state index contributed by atoms with van der Waals surface area (Å²) in [5.74, 6) is 0. The molecule has 0 spiro atoms. The van der Waals surface area contributed by atoms with E-state index in [-0.39, 0.29) is 0 Å². The van der Waals surface area contributed by atoms with Gasteiger partial charge in [-0.1, -0.05) is 0 Å². The van der Waals surface area contributed by atoms with E-state index in [0.29, 0.717) is 0 Å². The first-order valence-corrected chi connectivity index (χ1v) is 3.58. The first-order valence-electron chi connectivity index (χ1n) is 1.86. The van der Waals surface area contributed by atoms with Gasteiger partial charge in [-0.15, -0.1) is 0 Å². The molecule has 7 heavy (non-hydrogen) atoms. The molecule has 0 N–H and O–H groups in total. The van der Waals surface area contributed by atoms with Gasteiger partial charge in [0.05, 0.1) is 0 Å². The second kappa shape index (κ2) is 3.45. The van der Waals surface area contributed by atoms with Crippen molar-refractivity contribution in [2.75, 3.05) is 0 Å². The summed E-state index contributed by atoms with van der Waals surface area (Å²) in [6.45, 7) is 3.81. The molecule has 0 bridgehead atoms. The van der Waals surface area contributed by atoms with Crippen LogP contribution in [-0.4, -0.2) is 0 Å². The molecule has 0 aromatic carbocycles. The van der Waals surface area contributed by atoms with Gasteiger partial charge in [-0.05, 0) is 0 Å². The van der Waals surface area contributed by atoms with Crippen LogP contribution in [0, 0.1) is 0 Å². The molecule has 0 aromatic rings.